The number of hydrogen-bond acceptors (Lipinski definition) is 3. The van der Waals surface area contributed by atoms with Crippen LogP contribution in [0.4, 0.5) is 0 Å². The number of benzene rings is 1. The molecule has 0 heterocycles. The molecule has 0 aliphatic rings. The van der Waals surface area contributed by atoms with Crippen molar-refractivity contribution in [3.63, 3.8) is 0 Å². The molecule has 0 aliphatic carbocycles. The van der Waals surface area contributed by atoms with Gasteiger partial charge in [0.1, 0.15) is 6.04 Å². The Balaban J connectivity index is 2.26. The van der Waals surface area contributed by atoms with Gasteiger partial charge >= 0.3 is 0 Å². The lowest BCUT2D eigenvalue weighted by molar-refractivity contribution is -0.127. The van der Waals surface area contributed by atoms with Gasteiger partial charge in [-0.15, -0.1) is 11.8 Å². The molecule has 0 saturated heterocycles. The molecule has 1 rings (SSSR count). The van der Waals surface area contributed by atoms with Crippen molar-refractivity contribution < 1.29 is 9.59 Å². The Morgan fingerprint density at radius 3 is 2.50 bits per heavy atom. The molecule has 4 nitrogen and oxygen atoms in total. The minimum Gasteiger partial charge on any atom is -0.355 e. The molecule has 1 aromatic rings. The molecule has 2 N–H and O–H groups in total. The molecule has 0 spiro atoms. The van der Waals surface area contributed by atoms with E-state index in [0.717, 1.165) is 5.75 Å². The summed E-state index contributed by atoms with van der Waals surface area (Å²) in [4.78, 5) is 23.2. The fourth-order valence-corrected chi connectivity index (χ4v) is 2.42. The zero-order chi connectivity index (χ0) is 15.0. The third kappa shape index (κ3) is 6.10. The molecule has 0 fully saturated rings. The number of thioether (sulfide) groups is 1. The second-order valence-corrected chi connectivity index (χ2v) is 5.65. The molecule has 0 aliphatic heterocycles. The van der Waals surface area contributed by atoms with E-state index in [2.05, 4.69) is 34.9 Å². The molecule has 0 bridgehead atoms. The van der Waals surface area contributed by atoms with Crippen LogP contribution in [0.5, 0.6) is 0 Å². The maximum Gasteiger partial charge on any atom is 0.242 e. The van der Waals surface area contributed by atoms with E-state index in [1.165, 1.54) is 11.1 Å². The van der Waals surface area contributed by atoms with Gasteiger partial charge in [-0.1, -0.05) is 29.8 Å². The first-order chi connectivity index (χ1) is 9.52. The Kier molecular flexibility index (Phi) is 7.15. The van der Waals surface area contributed by atoms with Crippen LogP contribution in [-0.4, -0.2) is 30.2 Å². The minimum absolute atomic E-state index is 0.110. The van der Waals surface area contributed by atoms with Gasteiger partial charge in [-0.05, 0) is 26.3 Å². The van der Waals surface area contributed by atoms with Crippen molar-refractivity contribution >= 4 is 23.6 Å². The molecule has 0 radical (unpaired) electrons. The highest BCUT2D eigenvalue weighted by Crippen LogP contribution is 2.12. The Labute approximate surface area is 124 Å². The topological polar surface area (TPSA) is 58.2 Å². The SMILES string of the molecule is CCNC(=O)C(C)NC(=O)CSCc1ccc(C)cc1. The zero-order valence-corrected chi connectivity index (χ0v) is 13.0. The lowest BCUT2D eigenvalue weighted by atomic mass is 10.2. The number of carbonyl (C=O) groups excluding carboxylic acids is 2. The molecule has 0 saturated carbocycles. The first kappa shape index (κ1) is 16.6. The number of nitrogens with one attached hydrogen (secondary N) is 2. The van der Waals surface area contributed by atoms with Gasteiger partial charge in [0.2, 0.25) is 11.8 Å². The van der Waals surface area contributed by atoms with E-state index in [1.54, 1.807) is 18.7 Å². The molecule has 2 amide bonds. The molecule has 110 valence electrons. The second-order valence-electron chi connectivity index (χ2n) is 4.66. The average molecular weight is 294 g/mol. The lowest BCUT2D eigenvalue weighted by Gasteiger charge is -2.13. The maximum absolute atomic E-state index is 11.7. The lowest BCUT2D eigenvalue weighted by Crippen LogP contribution is -2.45. The number of likely N-dealkylation sites (N-methyl/N-ethyl adjacent to an activating group) is 1. The van der Waals surface area contributed by atoms with Gasteiger partial charge in [-0.25, -0.2) is 0 Å². The van der Waals surface area contributed by atoms with E-state index in [9.17, 15) is 9.59 Å². The quantitative estimate of drug-likeness (QED) is 0.807. The number of aryl methyl sites for hydroxylation is 1. The van der Waals surface area contributed by atoms with Crippen LogP contribution >= 0.6 is 11.8 Å². The summed E-state index contributed by atoms with van der Waals surface area (Å²) >= 11 is 1.54. The number of amides is 2. The number of rotatable bonds is 7. The third-order valence-electron chi connectivity index (χ3n) is 2.74. The zero-order valence-electron chi connectivity index (χ0n) is 12.2. The Hall–Kier alpha value is -1.49. The van der Waals surface area contributed by atoms with Crippen molar-refractivity contribution in [1.29, 1.82) is 0 Å². The Morgan fingerprint density at radius 1 is 1.25 bits per heavy atom. The van der Waals surface area contributed by atoms with Gasteiger partial charge in [0.25, 0.3) is 0 Å². The van der Waals surface area contributed by atoms with Crippen molar-refractivity contribution in [3.05, 3.63) is 35.4 Å². The molecule has 5 heteroatoms. The van der Waals surface area contributed by atoms with Crippen molar-refractivity contribution in [2.45, 2.75) is 32.6 Å². The van der Waals surface area contributed by atoms with Crippen LogP contribution in [-0.2, 0) is 15.3 Å². The maximum atomic E-state index is 11.7. The summed E-state index contributed by atoms with van der Waals surface area (Å²) in [5.41, 5.74) is 2.43. The van der Waals surface area contributed by atoms with Crippen LogP contribution in [0.3, 0.4) is 0 Å². The minimum atomic E-state index is -0.484. The van der Waals surface area contributed by atoms with E-state index >= 15 is 0 Å². The third-order valence-corrected chi connectivity index (χ3v) is 3.75. The van der Waals surface area contributed by atoms with Gasteiger partial charge in [0, 0.05) is 12.3 Å². The fraction of sp³-hybridized carbons (Fsp3) is 0.467. The van der Waals surface area contributed by atoms with Crippen LogP contribution in [0.25, 0.3) is 0 Å². The van der Waals surface area contributed by atoms with E-state index in [4.69, 9.17) is 0 Å². The fourth-order valence-electron chi connectivity index (χ4n) is 1.62. The molecular formula is C15H22N2O2S. The molecular weight excluding hydrogens is 272 g/mol. The van der Waals surface area contributed by atoms with Crippen molar-refractivity contribution in [1.82, 2.24) is 10.6 Å². The summed E-state index contributed by atoms with van der Waals surface area (Å²) in [6.45, 7) is 6.16. The van der Waals surface area contributed by atoms with Gasteiger partial charge in [0.05, 0.1) is 5.75 Å². The van der Waals surface area contributed by atoms with E-state index in [1.807, 2.05) is 13.8 Å². The monoisotopic (exact) mass is 294 g/mol. The number of hydrogen-bond donors (Lipinski definition) is 2. The van der Waals surface area contributed by atoms with Gasteiger partial charge in [0.15, 0.2) is 0 Å². The van der Waals surface area contributed by atoms with Crippen LogP contribution in [0.15, 0.2) is 24.3 Å². The predicted octanol–water partition coefficient (Wildman–Crippen LogP) is 1.87. The smallest absolute Gasteiger partial charge is 0.242 e. The molecule has 1 aromatic carbocycles. The summed E-state index contributed by atoms with van der Waals surface area (Å²) < 4.78 is 0. The Bertz CT molecular complexity index is 446. The highest BCUT2D eigenvalue weighted by molar-refractivity contribution is 7.99. The van der Waals surface area contributed by atoms with Crippen LogP contribution in [0, 0.1) is 6.92 Å². The summed E-state index contributed by atoms with van der Waals surface area (Å²) in [5.74, 6) is 0.895. The van der Waals surface area contributed by atoms with Gasteiger partial charge in [-0.2, -0.15) is 0 Å². The van der Waals surface area contributed by atoms with Gasteiger partial charge < -0.3 is 10.6 Å². The summed E-state index contributed by atoms with van der Waals surface area (Å²) in [6, 6.07) is 7.78. The molecule has 0 aromatic heterocycles. The predicted molar refractivity (Wildman–Crippen MR) is 83.6 cm³/mol. The van der Waals surface area contributed by atoms with Crippen LogP contribution in [0.1, 0.15) is 25.0 Å². The number of carbonyl (C=O) groups is 2. The highest BCUT2D eigenvalue weighted by Gasteiger charge is 2.14. The van der Waals surface area contributed by atoms with Crippen LogP contribution < -0.4 is 10.6 Å². The largest absolute Gasteiger partial charge is 0.355 e. The van der Waals surface area contributed by atoms with E-state index < -0.39 is 6.04 Å². The van der Waals surface area contributed by atoms with Crippen molar-refractivity contribution in [2.24, 2.45) is 0 Å². The van der Waals surface area contributed by atoms with E-state index in [0.29, 0.717) is 12.3 Å². The Morgan fingerprint density at radius 2 is 1.90 bits per heavy atom. The summed E-state index contributed by atoms with van der Waals surface area (Å²) in [5, 5.41) is 5.37. The molecule has 1 atom stereocenters. The van der Waals surface area contributed by atoms with Crippen molar-refractivity contribution in [2.75, 3.05) is 12.3 Å². The van der Waals surface area contributed by atoms with Crippen molar-refractivity contribution in [3.8, 4) is 0 Å². The summed E-state index contributed by atoms with van der Waals surface area (Å²) in [7, 11) is 0. The second kappa shape index (κ2) is 8.64. The van der Waals surface area contributed by atoms with Crippen LogP contribution in [0.2, 0.25) is 0 Å². The summed E-state index contributed by atoms with van der Waals surface area (Å²) in [6.07, 6.45) is 0. The average Bonchev–Trinajstić information content (AvgIpc) is 2.41. The molecule has 1 unspecified atom stereocenters. The van der Waals surface area contributed by atoms with Gasteiger partial charge in [-0.3, -0.25) is 9.59 Å². The highest BCUT2D eigenvalue weighted by atomic mass is 32.2. The van der Waals surface area contributed by atoms with E-state index in [-0.39, 0.29) is 11.8 Å². The molecule has 20 heavy (non-hydrogen) atoms. The first-order valence-electron chi connectivity index (χ1n) is 6.73. The first-order valence-corrected chi connectivity index (χ1v) is 7.88. The standard InChI is InChI=1S/C15H22N2O2S/c1-4-16-15(19)12(3)17-14(18)10-20-9-13-7-5-11(2)6-8-13/h5-8,12H,4,9-10H2,1-3H3,(H,16,19)(H,17,18). The normalized spacial score (nSPS) is 11.8.